The predicted octanol–water partition coefficient (Wildman–Crippen LogP) is 1.71. The van der Waals surface area contributed by atoms with E-state index in [4.69, 9.17) is 5.14 Å². The molecular formula is C12H15F3N2O3S. The van der Waals surface area contributed by atoms with E-state index >= 15 is 0 Å². The van der Waals surface area contributed by atoms with Crippen molar-refractivity contribution < 1.29 is 26.4 Å². The maximum Gasteiger partial charge on any atom is 0.389 e. The van der Waals surface area contributed by atoms with Gasteiger partial charge in [0.25, 0.3) is 5.91 Å². The summed E-state index contributed by atoms with van der Waals surface area (Å²) in [7, 11) is -3.95. The Hall–Kier alpha value is -1.61. The first-order valence-electron chi connectivity index (χ1n) is 5.99. The first kappa shape index (κ1) is 17.4. The van der Waals surface area contributed by atoms with Gasteiger partial charge in [-0.2, -0.15) is 13.2 Å². The van der Waals surface area contributed by atoms with Crippen molar-refractivity contribution >= 4 is 15.9 Å². The highest BCUT2D eigenvalue weighted by Gasteiger charge is 2.26. The number of primary sulfonamides is 1. The molecule has 0 aliphatic carbocycles. The van der Waals surface area contributed by atoms with Crippen LogP contribution < -0.4 is 10.5 Å². The largest absolute Gasteiger partial charge is 0.389 e. The summed E-state index contributed by atoms with van der Waals surface area (Å²) >= 11 is 0. The lowest BCUT2D eigenvalue weighted by Gasteiger charge is -2.10. The quantitative estimate of drug-likeness (QED) is 0.808. The zero-order chi connectivity index (χ0) is 16.3. The van der Waals surface area contributed by atoms with Gasteiger partial charge in [0.2, 0.25) is 10.0 Å². The van der Waals surface area contributed by atoms with Gasteiger partial charge in [-0.15, -0.1) is 0 Å². The molecule has 0 unspecified atom stereocenters. The Kier molecular flexibility index (Phi) is 5.35. The average molecular weight is 324 g/mol. The van der Waals surface area contributed by atoms with Gasteiger partial charge in [-0.3, -0.25) is 4.79 Å². The summed E-state index contributed by atoms with van der Waals surface area (Å²) in [5.74, 6) is -0.639. The molecule has 1 aromatic carbocycles. The van der Waals surface area contributed by atoms with Crippen LogP contribution in [0.25, 0.3) is 0 Å². The third-order valence-corrected chi connectivity index (χ3v) is 3.62. The minimum atomic E-state index is -4.27. The molecule has 0 aliphatic heterocycles. The molecule has 0 heterocycles. The number of hydrogen-bond acceptors (Lipinski definition) is 3. The number of alkyl halides is 3. The Morgan fingerprint density at radius 1 is 1.33 bits per heavy atom. The van der Waals surface area contributed by atoms with E-state index in [1.54, 1.807) is 6.92 Å². The molecule has 0 spiro atoms. The van der Waals surface area contributed by atoms with Crippen molar-refractivity contribution in [1.82, 2.24) is 5.32 Å². The number of aryl methyl sites for hydroxylation is 1. The predicted molar refractivity (Wildman–Crippen MR) is 70.2 cm³/mol. The summed E-state index contributed by atoms with van der Waals surface area (Å²) in [6.45, 7) is 1.43. The van der Waals surface area contributed by atoms with Gasteiger partial charge in [0.15, 0.2) is 0 Å². The van der Waals surface area contributed by atoms with Crippen molar-refractivity contribution in [3.05, 3.63) is 29.3 Å². The van der Waals surface area contributed by atoms with E-state index in [9.17, 15) is 26.4 Å². The zero-order valence-corrected chi connectivity index (χ0v) is 12.0. The van der Waals surface area contributed by atoms with Crippen molar-refractivity contribution in [2.45, 2.75) is 30.8 Å². The topological polar surface area (TPSA) is 89.3 Å². The molecule has 1 aromatic rings. The number of rotatable bonds is 5. The number of sulfonamides is 1. The number of nitrogens with two attached hydrogens (primary N) is 1. The summed E-state index contributed by atoms with van der Waals surface area (Å²) in [6.07, 6.45) is -5.51. The molecule has 118 valence electrons. The molecule has 9 heteroatoms. The molecule has 0 aliphatic rings. The molecule has 3 N–H and O–H groups in total. The molecule has 1 amide bonds. The Balaban J connectivity index is 2.74. The number of halogens is 3. The lowest BCUT2D eigenvalue weighted by atomic mass is 10.1. The van der Waals surface area contributed by atoms with Gasteiger partial charge < -0.3 is 5.32 Å². The van der Waals surface area contributed by atoms with E-state index in [2.05, 4.69) is 5.32 Å². The van der Waals surface area contributed by atoms with Gasteiger partial charge >= 0.3 is 6.18 Å². The number of amides is 1. The van der Waals surface area contributed by atoms with Crippen LogP contribution in [0, 0.1) is 6.92 Å². The number of benzene rings is 1. The standard InChI is InChI=1S/C12H15F3N2O3S/c1-8-3-4-9(21(16,19)20)7-10(8)11(18)17-6-2-5-12(13,14)15/h3-4,7H,2,5-6H2,1H3,(H,17,18)(H2,16,19,20). The molecule has 5 nitrogen and oxygen atoms in total. The van der Waals surface area contributed by atoms with Gasteiger partial charge in [0.05, 0.1) is 4.90 Å². The summed E-state index contributed by atoms with van der Waals surface area (Å²) < 4.78 is 58.3. The molecule has 0 saturated heterocycles. The molecule has 0 atom stereocenters. The van der Waals surface area contributed by atoms with Crippen LogP contribution >= 0.6 is 0 Å². The van der Waals surface area contributed by atoms with Gasteiger partial charge in [0, 0.05) is 18.5 Å². The Morgan fingerprint density at radius 2 is 1.95 bits per heavy atom. The van der Waals surface area contributed by atoms with Crippen molar-refractivity contribution in [3.8, 4) is 0 Å². The second-order valence-electron chi connectivity index (χ2n) is 4.50. The number of carbonyl (C=O) groups excluding carboxylic acids is 1. The Bertz CT molecular complexity index is 627. The highest BCUT2D eigenvalue weighted by molar-refractivity contribution is 7.89. The van der Waals surface area contributed by atoms with E-state index in [0.717, 1.165) is 6.07 Å². The lowest BCUT2D eigenvalue weighted by Crippen LogP contribution is -2.26. The maximum atomic E-state index is 12.0. The second-order valence-corrected chi connectivity index (χ2v) is 6.06. The Labute approximate surface area is 120 Å². The van der Waals surface area contributed by atoms with Crippen LogP contribution in [-0.2, 0) is 10.0 Å². The van der Waals surface area contributed by atoms with Crippen LogP contribution in [-0.4, -0.2) is 27.0 Å². The van der Waals surface area contributed by atoms with Gasteiger partial charge in [-0.25, -0.2) is 13.6 Å². The molecule has 0 radical (unpaired) electrons. The molecule has 0 saturated carbocycles. The zero-order valence-electron chi connectivity index (χ0n) is 11.2. The normalized spacial score (nSPS) is 12.2. The van der Waals surface area contributed by atoms with Crippen LogP contribution in [0.2, 0.25) is 0 Å². The molecular weight excluding hydrogens is 309 g/mol. The molecule has 0 bridgehead atoms. The first-order chi connectivity index (χ1) is 9.50. The van der Waals surface area contributed by atoms with Gasteiger partial charge in [-0.1, -0.05) is 6.07 Å². The smallest absolute Gasteiger partial charge is 0.352 e. The minimum Gasteiger partial charge on any atom is -0.352 e. The van der Waals surface area contributed by atoms with Crippen molar-refractivity contribution in [3.63, 3.8) is 0 Å². The third kappa shape index (κ3) is 5.72. The van der Waals surface area contributed by atoms with Crippen LogP contribution in [0.5, 0.6) is 0 Å². The fourth-order valence-corrected chi connectivity index (χ4v) is 2.15. The molecule has 1 rings (SSSR count). The fourth-order valence-electron chi connectivity index (χ4n) is 1.61. The SMILES string of the molecule is Cc1ccc(S(N)(=O)=O)cc1C(=O)NCCCC(F)(F)F. The number of hydrogen-bond donors (Lipinski definition) is 2. The monoisotopic (exact) mass is 324 g/mol. The van der Waals surface area contributed by atoms with Crippen molar-refractivity contribution in [1.29, 1.82) is 0 Å². The minimum absolute atomic E-state index is 0.0635. The van der Waals surface area contributed by atoms with E-state index in [0.29, 0.717) is 5.56 Å². The van der Waals surface area contributed by atoms with E-state index in [1.165, 1.54) is 12.1 Å². The second kappa shape index (κ2) is 6.44. The van der Waals surface area contributed by atoms with Crippen LogP contribution in [0.1, 0.15) is 28.8 Å². The maximum absolute atomic E-state index is 12.0. The summed E-state index contributed by atoms with van der Waals surface area (Å²) in [4.78, 5) is 11.6. The molecule has 0 aromatic heterocycles. The molecule has 0 fully saturated rings. The van der Waals surface area contributed by atoms with Crippen molar-refractivity contribution in [2.75, 3.05) is 6.54 Å². The number of carbonyl (C=O) groups is 1. The van der Waals surface area contributed by atoms with E-state index < -0.39 is 28.5 Å². The lowest BCUT2D eigenvalue weighted by molar-refractivity contribution is -0.135. The van der Waals surface area contributed by atoms with Crippen LogP contribution in [0.3, 0.4) is 0 Å². The van der Waals surface area contributed by atoms with E-state index in [1.807, 2.05) is 0 Å². The van der Waals surface area contributed by atoms with Crippen LogP contribution in [0.4, 0.5) is 13.2 Å². The van der Waals surface area contributed by atoms with Crippen LogP contribution in [0.15, 0.2) is 23.1 Å². The van der Waals surface area contributed by atoms with E-state index in [-0.39, 0.29) is 23.4 Å². The fraction of sp³-hybridized carbons (Fsp3) is 0.417. The van der Waals surface area contributed by atoms with Gasteiger partial charge in [0.1, 0.15) is 0 Å². The first-order valence-corrected chi connectivity index (χ1v) is 7.54. The number of nitrogens with one attached hydrogen (secondary N) is 1. The highest BCUT2D eigenvalue weighted by Crippen LogP contribution is 2.20. The van der Waals surface area contributed by atoms with Gasteiger partial charge in [-0.05, 0) is 31.0 Å². The summed E-state index contributed by atoms with van der Waals surface area (Å²) in [5.41, 5.74) is 0.559. The Morgan fingerprint density at radius 3 is 2.48 bits per heavy atom. The summed E-state index contributed by atoms with van der Waals surface area (Å²) in [6, 6.07) is 3.76. The van der Waals surface area contributed by atoms with Crippen molar-refractivity contribution in [2.24, 2.45) is 5.14 Å². The average Bonchev–Trinajstić information content (AvgIpc) is 2.32. The summed E-state index contributed by atoms with van der Waals surface area (Å²) in [5, 5.41) is 7.28. The molecule has 21 heavy (non-hydrogen) atoms. The third-order valence-electron chi connectivity index (χ3n) is 2.70. The highest BCUT2D eigenvalue weighted by atomic mass is 32.2.